The van der Waals surface area contributed by atoms with Crippen LogP contribution in [0.15, 0.2) is 42.7 Å². The van der Waals surface area contributed by atoms with Crippen molar-refractivity contribution in [3.05, 3.63) is 48.4 Å². The highest BCUT2D eigenvalue weighted by molar-refractivity contribution is 5.87. The first-order valence-electron chi connectivity index (χ1n) is 7.45. The van der Waals surface area contributed by atoms with Gasteiger partial charge in [0.2, 0.25) is 5.91 Å². The fourth-order valence-electron chi connectivity index (χ4n) is 2.53. The van der Waals surface area contributed by atoms with Crippen molar-refractivity contribution in [2.75, 3.05) is 13.1 Å². The van der Waals surface area contributed by atoms with Gasteiger partial charge < -0.3 is 4.90 Å². The molecule has 0 unspecified atom stereocenters. The first kappa shape index (κ1) is 14.3. The molecule has 0 atom stereocenters. The van der Waals surface area contributed by atoms with E-state index in [2.05, 4.69) is 15.3 Å². The van der Waals surface area contributed by atoms with Crippen LogP contribution in [0, 0.1) is 0 Å². The van der Waals surface area contributed by atoms with Crippen molar-refractivity contribution in [3.63, 3.8) is 0 Å². The van der Waals surface area contributed by atoms with Gasteiger partial charge in [-0.05, 0) is 19.1 Å². The largest absolute Gasteiger partial charge is 0.341 e. The highest BCUT2D eigenvalue weighted by Gasteiger charge is 2.15. The molecule has 0 aliphatic carbocycles. The lowest BCUT2D eigenvalue weighted by molar-refractivity contribution is -0.130. The van der Waals surface area contributed by atoms with Gasteiger partial charge in [0.1, 0.15) is 0 Å². The number of aromatic nitrogens is 4. The Bertz CT molecular complexity index is 747. The van der Waals surface area contributed by atoms with Crippen molar-refractivity contribution in [2.45, 2.75) is 19.9 Å². The summed E-state index contributed by atoms with van der Waals surface area (Å²) in [6.45, 7) is 4.04. The summed E-state index contributed by atoms with van der Waals surface area (Å²) in [5.74, 6) is 0.101. The monoisotopic (exact) mass is 297 g/mol. The van der Waals surface area contributed by atoms with E-state index in [-0.39, 0.29) is 5.91 Å². The van der Waals surface area contributed by atoms with E-state index in [0.29, 0.717) is 26.1 Å². The summed E-state index contributed by atoms with van der Waals surface area (Å²) in [6, 6.07) is 9.71. The zero-order valence-electron chi connectivity index (χ0n) is 12.6. The Morgan fingerprint density at radius 3 is 2.95 bits per heavy atom. The second-order valence-electron chi connectivity index (χ2n) is 5.14. The summed E-state index contributed by atoms with van der Waals surface area (Å²) in [4.78, 5) is 14.3. The second kappa shape index (κ2) is 6.43. The number of nitrogens with one attached hydrogen (secondary N) is 1. The standard InChI is InChI=1S/C16H19N5O/c1-2-20(10-11-21-9-5-8-17-21)16(22)12-15-13-6-3-4-7-14(13)18-19-15/h3-9H,2,10-12H2,1H3,(H,18,19). The molecule has 0 aliphatic heterocycles. The molecule has 1 aromatic carbocycles. The van der Waals surface area contributed by atoms with Gasteiger partial charge in [-0.3, -0.25) is 14.6 Å². The molecule has 3 rings (SSSR count). The minimum Gasteiger partial charge on any atom is -0.341 e. The van der Waals surface area contributed by atoms with Gasteiger partial charge in [0.25, 0.3) is 0 Å². The van der Waals surface area contributed by atoms with Gasteiger partial charge in [-0.1, -0.05) is 18.2 Å². The van der Waals surface area contributed by atoms with E-state index >= 15 is 0 Å². The third-order valence-electron chi connectivity index (χ3n) is 3.76. The maximum Gasteiger partial charge on any atom is 0.228 e. The molecule has 3 aromatic rings. The van der Waals surface area contributed by atoms with Crippen LogP contribution in [-0.2, 0) is 17.8 Å². The summed E-state index contributed by atoms with van der Waals surface area (Å²) in [6.07, 6.45) is 3.99. The third kappa shape index (κ3) is 3.00. The molecule has 0 radical (unpaired) electrons. The molecule has 0 fully saturated rings. The predicted molar refractivity (Wildman–Crippen MR) is 84.3 cm³/mol. The van der Waals surface area contributed by atoms with Crippen molar-refractivity contribution < 1.29 is 4.79 Å². The topological polar surface area (TPSA) is 66.8 Å². The minimum absolute atomic E-state index is 0.101. The fraction of sp³-hybridized carbons (Fsp3) is 0.312. The maximum atomic E-state index is 12.5. The van der Waals surface area contributed by atoms with Crippen LogP contribution in [0.2, 0.25) is 0 Å². The van der Waals surface area contributed by atoms with E-state index in [0.717, 1.165) is 16.6 Å². The number of rotatable bonds is 6. The average Bonchev–Trinajstić information content (AvgIpc) is 3.18. The lowest BCUT2D eigenvalue weighted by Crippen LogP contribution is -2.35. The number of para-hydroxylation sites is 1. The number of carbonyl (C=O) groups excluding carboxylic acids is 1. The van der Waals surface area contributed by atoms with E-state index in [1.807, 2.05) is 53.0 Å². The lowest BCUT2D eigenvalue weighted by atomic mass is 10.1. The maximum absolute atomic E-state index is 12.5. The summed E-state index contributed by atoms with van der Waals surface area (Å²) in [7, 11) is 0. The molecule has 6 nitrogen and oxygen atoms in total. The quantitative estimate of drug-likeness (QED) is 0.755. The van der Waals surface area contributed by atoms with Crippen LogP contribution in [-0.4, -0.2) is 43.9 Å². The Balaban J connectivity index is 1.66. The highest BCUT2D eigenvalue weighted by atomic mass is 16.2. The van der Waals surface area contributed by atoms with E-state index in [1.54, 1.807) is 6.20 Å². The molecule has 1 amide bonds. The lowest BCUT2D eigenvalue weighted by Gasteiger charge is -2.20. The van der Waals surface area contributed by atoms with Crippen molar-refractivity contribution >= 4 is 16.8 Å². The Hall–Kier alpha value is -2.63. The van der Waals surface area contributed by atoms with Crippen LogP contribution < -0.4 is 0 Å². The van der Waals surface area contributed by atoms with Crippen molar-refractivity contribution in [3.8, 4) is 0 Å². The molecule has 0 spiro atoms. The number of fused-ring (bicyclic) bond motifs is 1. The molecule has 0 aliphatic rings. The van der Waals surface area contributed by atoms with Gasteiger partial charge in [0.15, 0.2) is 0 Å². The smallest absolute Gasteiger partial charge is 0.228 e. The molecule has 0 saturated carbocycles. The predicted octanol–water partition coefficient (Wildman–Crippen LogP) is 1.85. The summed E-state index contributed by atoms with van der Waals surface area (Å²) in [5, 5.41) is 12.4. The number of nitrogens with zero attached hydrogens (tertiary/aromatic N) is 4. The van der Waals surface area contributed by atoms with Crippen LogP contribution in [0.5, 0.6) is 0 Å². The molecule has 1 N–H and O–H groups in total. The molecule has 114 valence electrons. The average molecular weight is 297 g/mol. The summed E-state index contributed by atoms with van der Waals surface area (Å²) in [5.41, 5.74) is 1.77. The zero-order valence-corrected chi connectivity index (χ0v) is 12.6. The van der Waals surface area contributed by atoms with Crippen LogP contribution in [0.3, 0.4) is 0 Å². The number of likely N-dealkylation sites (N-methyl/N-ethyl adjacent to an activating group) is 1. The zero-order chi connectivity index (χ0) is 15.4. The van der Waals surface area contributed by atoms with Gasteiger partial charge in [-0.2, -0.15) is 10.2 Å². The number of amides is 1. The number of hydrogen-bond acceptors (Lipinski definition) is 3. The van der Waals surface area contributed by atoms with Crippen molar-refractivity contribution in [2.24, 2.45) is 0 Å². The van der Waals surface area contributed by atoms with E-state index in [1.165, 1.54) is 0 Å². The van der Waals surface area contributed by atoms with Crippen molar-refractivity contribution in [1.82, 2.24) is 24.9 Å². The first-order valence-corrected chi connectivity index (χ1v) is 7.45. The van der Waals surface area contributed by atoms with Crippen molar-refractivity contribution in [1.29, 1.82) is 0 Å². The molecular formula is C16H19N5O. The van der Waals surface area contributed by atoms with Gasteiger partial charge in [-0.15, -0.1) is 0 Å². The molecule has 0 saturated heterocycles. The Morgan fingerprint density at radius 2 is 2.18 bits per heavy atom. The highest BCUT2D eigenvalue weighted by Crippen LogP contribution is 2.16. The van der Waals surface area contributed by atoms with Gasteiger partial charge in [-0.25, -0.2) is 0 Å². The molecule has 2 heterocycles. The SMILES string of the molecule is CCN(CCn1cccn1)C(=O)Cc1[nH]nc2ccccc12. The Labute approximate surface area is 128 Å². The fourth-order valence-corrected chi connectivity index (χ4v) is 2.53. The third-order valence-corrected chi connectivity index (χ3v) is 3.76. The number of aromatic amines is 1. The molecule has 2 aromatic heterocycles. The van der Waals surface area contributed by atoms with E-state index < -0.39 is 0 Å². The summed E-state index contributed by atoms with van der Waals surface area (Å²) < 4.78 is 1.83. The minimum atomic E-state index is 0.101. The number of carbonyl (C=O) groups is 1. The Morgan fingerprint density at radius 1 is 1.32 bits per heavy atom. The van der Waals surface area contributed by atoms with Gasteiger partial charge >= 0.3 is 0 Å². The number of H-pyrrole nitrogens is 1. The van der Waals surface area contributed by atoms with E-state index in [4.69, 9.17) is 0 Å². The van der Waals surface area contributed by atoms with Crippen LogP contribution in [0.1, 0.15) is 12.6 Å². The number of hydrogen-bond donors (Lipinski definition) is 1. The second-order valence-corrected chi connectivity index (χ2v) is 5.14. The van der Waals surface area contributed by atoms with Gasteiger partial charge in [0, 0.05) is 30.9 Å². The van der Waals surface area contributed by atoms with Crippen LogP contribution in [0.4, 0.5) is 0 Å². The number of benzene rings is 1. The molecular weight excluding hydrogens is 278 g/mol. The summed E-state index contributed by atoms with van der Waals surface area (Å²) >= 11 is 0. The van der Waals surface area contributed by atoms with E-state index in [9.17, 15) is 4.79 Å². The van der Waals surface area contributed by atoms with Crippen LogP contribution >= 0.6 is 0 Å². The molecule has 0 bridgehead atoms. The Kier molecular flexibility index (Phi) is 4.18. The van der Waals surface area contributed by atoms with Crippen LogP contribution in [0.25, 0.3) is 10.9 Å². The van der Waals surface area contributed by atoms with Gasteiger partial charge in [0.05, 0.1) is 24.2 Å². The molecule has 6 heteroatoms. The molecule has 22 heavy (non-hydrogen) atoms. The first-order chi connectivity index (χ1) is 10.8. The normalized spacial score (nSPS) is 11.0.